The summed E-state index contributed by atoms with van der Waals surface area (Å²) in [4.78, 5) is 24.7. The van der Waals surface area contributed by atoms with Crippen molar-refractivity contribution in [3.05, 3.63) is 82.5 Å². The fourth-order valence-corrected chi connectivity index (χ4v) is 3.65. The van der Waals surface area contributed by atoms with E-state index in [4.69, 9.17) is 4.42 Å². The van der Waals surface area contributed by atoms with Gasteiger partial charge in [-0.3, -0.25) is 4.79 Å². The summed E-state index contributed by atoms with van der Waals surface area (Å²) in [6.07, 6.45) is 1.73. The number of carboxylic acids is 1. The van der Waals surface area contributed by atoms with Crippen LogP contribution in [0.25, 0.3) is 17.4 Å². The molecule has 0 unspecified atom stereocenters. The van der Waals surface area contributed by atoms with Crippen molar-refractivity contribution in [2.45, 2.75) is 4.90 Å². The summed E-state index contributed by atoms with van der Waals surface area (Å²) < 4.78 is 5.77. The largest absolute Gasteiger partial charge is 0.545 e. The first-order chi connectivity index (χ1) is 12.1. The molecule has 0 atom stereocenters. The molecule has 1 aromatic heterocycles. The molecule has 0 spiro atoms. The molecule has 0 bridgehead atoms. The van der Waals surface area contributed by atoms with Crippen LogP contribution in [0.5, 0.6) is 0 Å². The first-order valence-corrected chi connectivity index (χ1v) is 8.38. The molecule has 3 aromatic rings. The lowest BCUT2D eigenvalue weighted by molar-refractivity contribution is -0.255. The molecule has 0 amide bonds. The topological polar surface area (TPSA) is 70.3 Å². The molecule has 0 radical (unpaired) electrons. The Morgan fingerprint density at radius 1 is 1.00 bits per heavy atom. The van der Waals surface area contributed by atoms with Crippen LogP contribution in [0.4, 0.5) is 0 Å². The van der Waals surface area contributed by atoms with Crippen LogP contribution in [0.2, 0.25) is 0 Å². The van der Waals surface area contributed by atoms with Crippen molar-refractivity contribution in [2.24, 2.45) is 0 Å². The number of furan rings is 1. The van der Waals surface area contributed by atoms with Crippen LogP contribution < -0.4 is 5.11 Å². The van der Waals surface area contributed by atoms with Crippen molar-refractivity contribution in [2.75, 3.05) is 0 Å². The average Bonchev–Trinajstić information content (AvgIpc) is 3.21. The Labute approximate surface area is 147 Å². The number of carboxylic acid groups (broad SMARTS) is 1. The highest BCUT2D eigenvalue weighted by atomic mass is 32.2. The summed E-state index contributed by atoms with van der Waals surface area (Å²) in [5.74, 6) is -0.0445. The third kappa shape index (κ3) is 2.90. The van der Waals surface area contributed by atoms with Gasteiger partial charge in [0.25, 0.3) is 0 Å². The van der Waals surface area contributed by atoms with Crippen molar-refractivity contribution in [3.63, 3.8) is 0 Å². The molecule has 0 saturated heterocycles. The SMILES string of the molecule is O=C([O-])c1ccc(-c2ccc(/C=C3/Sc4ccccc4C3=O)o2)cc1. The molecule has 0 aliphatic carbocycles. The van der Waals surface area contributed by atoms with Crippen molar-refractivity contribution >= 4 is 29.6 Å². The van der Waals surface area contributed by atoms with E-state index in [1.165, 1.54) is 23.9 Å². The van der Waals surface area contributed by atoms with Gasteiger partial charge in [0.15, 0.2) is 0 Å². The molecule has 0 N–H and O–H groups in total. The van der Waals surface area contributed by atoms with Gasteiger partial charge in [-0.25, -0.2) is 0 Å². The molecule has 25 heavy (non-hydrogen) atoms. The van der Waals surface area contributed by atoms with E-state index in [-0.39, 0.29) is 11.3 Å². The minimum Gasteiger partial charge on any atom is -0.545 e. The van der Waals surface area contributed by atoms with Gasteiger partial charge in [0.05, 0.1) is 10.9 Å². The molecule has 2 aromatic carbocycles. The molecular formula is C20H11O4S-. The Bertz CT molecular complexity index is 1010. The van der Waals surface area contributed by atoms with Gasteiger partial charge in [0, 0.05) is 16.0 Å². The van der Waals surface area contributed by atoms with Crippen LogP contribution in [0.1, 0.15) is 26.5 Å². The first-order valence-electron chi connectivity index (χ1n) is 7.57. The normalized spacial score (nSPS) is 14.7. The highest BCUT2D eigenvalue weighted by Gasteiger charge is 2.25. The summed E-state index contributed by atoms with van der Waals surface area (Å²) in [5, 5.41) is 10.8. The van der Waals surface area contributed by atoms with Gasteiger partial charge in [-0.15, -0.1) is 0 Å². The van der Waals surface area contributed by atoms with Crippen LogP contribution in [-0.2, 0) is 0 Å². The number of fused-ring (bicyclic) bond motifs is 1. The van der Waals surface area contributed by atoms with Gasteiger partial charge in [0.1, 0.15) is 11.5 Å². The lowest BCUT2D eigenvalue weighted by Gasteiger charge is -2.02. The number of thioether (sulfide) groups is 1. The second-order valence-corrected chi connectivity index (χ2v) is 6.59. The molecule has 122 valence electrons. The number of Topliss-reactive ketones (excluding diaryl/α,β-unsaturated/α-hetero) is 1. The number of hydrogen-bond donors (Lipinski definition) is 0. The number of ketones is 1. The highest BCUT2D eigenvalue weighted by molar-refractivity contribution is 8.04. The minimum atomic E-state index is -1.22. The minimum absolute atomic E-state index is 0.00291. The molecule has 1 aliphatic heterocycles. The summed E-state index contributed by atoms with van der Waals surface area (Å²) in [6.45, 7) is 0. The number of hydrogen-bond acceptors (Lipinski definition) is 5. The molecule has 0 fully saturated rings. The summed E-state index contributed by atoms with van der Waals surface area (Å²) in [5.41, 5.74) is 1.58. The van der Waals surface area contributed by atoms with E-state index in [1.807, 2.05) is 24.3 Å². The third-order valence-corrected chi connectivity index (χ3v) is 4.98. The van der Waals surface area contributed by atoms with Gasteiger partial charge in [-0.1, -0.05) is 48.2 Å². The number of carbonyl (C=O) groups excluding carboxylic acids is 2. The van der Waals surface area contributed by atoms with Gasteiger partial charge in [-0.2, -0.15) is 0 Å². The number of aromatic carboxylic acids is 1. The molecule has 1 aliphatic rings. The van der Waals surface area contributed by atoms with E-state index in [1.54, 1.807) is 30.3 Å². The van der Waals surface area contributed by atoms with Crippen LogP contribution in [0, 0.1) is 0 Å². The van der Waals surface area contributed by atoms with Crippen molar-refractivity contribution < 1.29 is 19.1 Å². The summed E-state index contributed by atoms with van der Waals surface area (Å²) in [7, 11) is 0. The molecule has 5 heteroatoms. The maximum absolute atomic E-state index is 12.4. The van der Waals surface area contributed by atoms with E-state index in [0.29, 0.717) is 22.0 Å². The Morgan fingerprint density at radius 3 is 2.48 bits per heavy atom. The maximum atomic E-state index is 12.4. The predicted molar refractivity (Wildman–Crippen MR) is 93.1 cm³/mol. The first kappa shape index (κ1) is 15.5. The molecule has 2 heterocycles. The lowest BCUT2D eigenvalue weighted by Crippen LogP contribution is -2.21. The molecule has 4 nitrogen and oxygen atoms in total. The van der Waals surface area contributed by atoms with Crippen molar-refractivity contribution in [1.29, 1.82) is 0 Å². The molecular weight excluding hydrogens is 336 g/mol. The Kier molecular flexibility index (Phi) is 3.78. The number of rotatable bonds is 3. The Hall–Kier alpha value is -3.05. The van der Waals surface area contributed by atoms with Crippen LogP contribution in [0.15, 0.2) is 74.9 Å². The fourth-order valence-electron chi connectivity index (χ4n) is 2.62. The van der Waals surface area contributed by atoms with Gasteiger partial charge >= 0.3 is 0 Å². The Morgan fingerprint density at radius 2 is 1.76 bits per heavy atom. The van der Waals surface area contributed by atoms with E-state index >= 15 is 0 Å². The highest BCUT2D eigenvalue weighted by Crippen LogP contribution is 2.40. The summed E-state index contributed by atoms with van der Waals surface area (Å²) in [6, 6.07) is 17.3. The lowest BCUT2D eigenvalue weighted by atomic mass is 10.1. The zero-order valence-electron chi connectivity index (χ0n) is 12.9. The standard InChI is InChI=1S/C20H12O4S/c21-19-15-3-1-2-4-17(15)25-18(19)11-14-9-10-16(24-14)12-5-7-13(8-6-12)20(22)23/h1-11H,(H,22,23)/p-1/b18-11+. The summed E-state index contributed by atoms with van der Waals surface area (Å²) >= 11 is 1.43. The van der Waals surface area contributed by atoms with Crippen molar-refractivity contribution in [1.82, 2.24) is 0 Å². The fraction of sp³-hybridized carbons (Fsp3) is 0. The second-order valence-electron chi connectivity index (χ2n) is 5.50. The van der Waals surface area contributed by atoms with Crippen LogP contribution in [0.3, 0.4) is 0 Å². The van der Waals surface area contributed by atoms with Gasteiger partial charge < -0.3 is 14.3 Å². The smallest absolute Gasteiger partial charge is 0.200 e. The predicted octanol–water partition coefficient (Wildman–Crippen LogP) is 3.64. The van der Waals surface area contributed by atoms with E-state index in [2.05, 4.69) is 0 Å². The molecule has 0 saturated carbocycles. The number of allylic oxidation sites excluding steroid dienone is 1. The Balaban J connectivity index is 1.60. The van der Waals surface area contributed by atoms with E-state index in [9.17, 15) is 14.7 Å². The zero-order valence-corrected chi connectivity index (χ0v) is 13.7. The quantitative estimate of drug-likeness (QED) is 0.677. The maximum Gasteiger partial charge on any atom is 0.200 e. The van der Waals surface area contributed by atoms with E-state index < -0.39 is 5.97 Å². The van der Waals surface area contributed by atoms with Crippen LogP contribution >= 0.6 is 11.8 Å². The van der Waals surface area contributed by atoms with E-state index in [0.717, 1.165) is 10.5 Å². The second kappa shape index (κ2) is 6.11. The van der Waals surface area contributed by atoms with Gasteiger partial charge in [0.2, 0.25) is 5.78 Å². The average molecular weight is 347 g/mol. The molecule has 4 rings (SSSR count). The number of carbonyl (C=O) groups is 2. The zero-order chi connectivity index (χ0) is 17.4. The van der Waals surface area contributed by atoms with Gasteiger partial charge in [-0.05, 0) is 35.9 Å². The number of benzene rings is 2. The van der Waals surface area contributed by atoms with Crippen LogP contribution in [-0.4, -0.2) is 11.8 Å². The monoisotopic (exact) mass is 347 g/mol. The third-order valence-electron chi connectivity index (χ3n) is 3.88. The van der Waals surface area contributed by atoms with Crippen molar-refractivity contribution in [3.8, 4) is 11.3 Å².